The van der Waals surface area contributed by atoms with Gasteiger partial charge in [-0.15, -0.1) is 0 Å². The van der Waals surface area contributed by atoms with Crippen LogP contribution >= 0.6 is 7.92 Å². The van der Waals surface area contributed by atoms with Gasteiger partial charge in [0.25, 0.3) is 0 Å². The van der Waals surface area contributed by atoms with Gasteiger partial charge in [0, 0.05) is 22.3 Å². The predicted molar refractivity (Wildman–Crippen MR) is 224 cm³/mol. The number of rotatable bonds is 9. The van der Waals surface area contributed by atoms with Crippen molar-refractivity contribution >= 4 is 46.7 Å². The molecule has 0 fully saturated rings. The molecule has 0 saturated heterocycles. The van der Waals surface area contributed by atoms with Gasteiger partial charge in [0.2, 0.25) is 0 Å². The first-order valence-corrected chi connectivity index (χ1v) is 18.6. The molecular weight excluding hydrogens is 869 g/mol. The average molecular weight is 908 g/mol. The quantitative estimate of drug-likeness (QED) is 0.0701. The minimum Gasteiger partial charge on any atom is -1.00 e. The van der Waals surface area contributed by atoms with E-state index in [1.54, 1.807) is 48.5 Å². The van der Waals surface area contributed by atoms with E-state index in [9.17, 15) is 0 Å². The van der Waals surface area contributed by atoms with E-state index in [0.717, 1.165) is 0 Å². The van der Waals surface area contributed by atoms with Crippen LogP contribution in [0.1, 0.15) is 22.3 Å². The van der Waals surface area contributed by atoms with Crippen molar-refractivity contribution in [2.24, 2.45) is 20.6 Å². The summed E-state index contributed by atoms with van der Waals surface area (Å²) in [6.07, 6.45) is 0. The fraction of sp³-hybridized carbons (Fsp3) is 0. The molecule has 302 valence electrons. The molecule has 13 heteroatoms. The van der Waals surface area contributed by atoms with Gasteiger partial charge in [-0.2, -0.15) is 0 Å². The van der Waals surface area contributed by atoms with Gasteiger partial charge in [-0.05, 0) is 23.8 Å². The average Bonchev–Trinajstić information content (AvgIpc) is 3.27. The molecule has 0 atom stereocenters. The van der Waals surface area contributed by atoms with Crippen molar-refractivity contribution in [2.75, 3.05) is 0 Å². The molecule has 7 aromatic rings. The standard InChI is InChI=1S/C18H15P.2C14H12N2O2.3ClH.Co/c1-4-10-16(11-5-1)19(17-12-6-2-7-13-17)18-14-8-3-9-15-18;2*17-15-13(11-7-3-1-4-8-11)14(16-18)12-9-5-2-6-10-12;;;;/h1-15H;2*1-10,17-18H;3*1H;/q;;;;;;+3/p-3. The maximum absolute atomic E-state index is 9.14. The van der Waals surface area contributed by atoms with E-state index >= 15 is 0 Å². The molecule has 7 rings (SSSR count). The van der Waals surface area contributed by atoms with Gasteiger partial charge in [0.15, 0.2) is 0 Å². The summed E-state index contributed by atoms with van der Waals surface area (Å²) in [6, 6.07) is 68.6. The number of hydrogen-bond acceptors (Lipinski definition) is 8. The van der Waals surface area contributed by atoms with Gasteiger partial charge >= 0.3 is 16.8 Å². The second-order valence-corrected chi connectivity index (χ2v) is 13.8. The summed E-state index contributed by atoms with van der Waals surface area (Å²) in [5.41, 5.74) is 3.61. The van der Waals surface area contributed by atoms with E-state index in [0.29, 0.717) is 22.3 Å². The third-order valence-electron chi connectivity index (χ3n) is 8.08. The fourth-order valence-corrected chi connectivity index (χ4v) is 7.84. The Balaban J connectivity index is 0.000000428. The first kappa shape index (κ1) is 51.2. The smallest absolute Gasteiger partial charge is 1.00 e. The molecule has 0 spiro atoms. The molecule has 8 nitrogen and oxygen atoms in total. The van der Waals surface area contributed by atoms with Crippen molar-refractivity contribution < 1.29 is 74.8 Å². The third-order valence-corrected chi connectivity index (χ3v) is 10.5. The largest absolute Gasteiger partial charge is 3.00 e. The zero-order valence-electron chi connectivity index (χ0n) is 31.2. The van der Waals surface area contributed by atoms with Crippen LogP contribution in [0.2, 0.25) is 0 Å². The minimum absolute atomic E-state index is 0. The van der Waals surface area contributed by atoms with Crippen LogP contribution < -0.4 is 53.1 Å². The second-order valence-electron chi connectivity index (χ2n) is 11.6. The van der Waals surface area contributed by atoms with Crippen molar-refractivity contribution in [3.63, 3.8) is 0 Å². The van der Waals surface area contributed by atoms with E-state index in [1.807, 2.05) is 72.8 Å². The fourth-order valence-electron chi connectivity index (χ4n) is 5.53. The summed E-state index contributed by atoms with van der Waals surface area (Å²) < 4.78 is 0. The van der Waals surface area contributed by atoms with Crippen molar-refractivity contribution in [2.45, 2.75) is 0 Å². The van der Waals surface area contributed by atoms with Crippen LogP contribution in [-0.2, 0) is 16.8 Å². The van der Waals surface area contributed by atoms with Gasteiger partial charge in [0.05, 0.1) is 0 Å². The monoisotopic (exact) mass is 906 g/mol. The third kappa shape index (κ3) is 14.8. The Kier molecular flexibility index (Phi) is 24.8. The molecular formula is C46H39Cl3CoN4O4P. The van der Waals surface area contributed by atoms with Crippen LogP contribution in [0.5, 0.6) is 0 Å². The van der Waals surface area contributed by atoms with Crippen LogP contribution in [0.4, 0.5) is 0 Å². The van der Waals surface area contributed by atoms with Gasteiger partial charge in [0.1, 0.15) is 22.8 Å². The number of halogens is 3. The molecule has 0 aliphatic carbocycles. The number of benzene rings is 7. The maximum atomic E-state index is 9.14. The Labute approximate surface area is 374 Å². The van der Waals surface area contributed by atoms with E-state index < -0.39 is 7.92 Å². The number of oxime groups is 4. The molecule has 59 heavy (non-hydrogen) atoms. The van der Waals surface area contributed by atoms with E-state index in [1.165, 1.54) is 15.9 Å². The molecule has 0 unspecified atom stereocenters. The van der Waals surface area contributed by atoms with Crippen LogP contribution in [0.3, 0.4) is 0 Å². The molecule has 0 saturated carbocycles. The summed E-state index contributed by atoms with van der Waals surface area (Å²) in [6.45, 7) is 0. The summed E-state index contributed by atoms with van der Waals surface area (Å²) in [5, 5.41) is 53.7. The summed E-state index contributed by atoms with van der Waals surface area (Å²) in [7, 11) is -0.446. The Bertz CT molecular complexity index is 1990. The second kappa shape index (κ2) is 28.6. The van der Waals surface area contributed by atoms with Gasteiger partial charge in [-0.3, -0.25) is 0 Å². The molecule has 4 N–H and O–H groups in total. The molecule has 0 aliphatic heterocycles. The summed E-state index contributed by atoms with van der Waals surface area (Å²) in [5.74, 6) is 0. The Morgan fingerprint density at radius 1 is 0.271 bits per heavy atom. The molecule has 0 heterocycles. The molecule has 0 radical (unpaired) electrons. The maximum Gasteiger partial charge on any atom is 3.00 e. The Hall–Kier alpha value is -5.77. The first-order chi connectivity index (χ1) is 27.2. The van der Waals surface area contributed by atoms with Crippen LogP contribution in [0.15, 0.2) is 233 Å². The zero-order chi connectivity index (χ0) is 38.5. The summed E-state index contributed by atoms with van der Waals surface area (Å²) >= 11 is 0. The van der Waals surface area contributed by atoms with E-state index in [4.69, 9.17) is 20.8 Å². The Morgan fingerprint density at radius 2 is 0.424 bits per heavy atom. The van der Waals surface area contributed by atoms with Gasteiger partial charge in [-0.1, -0.05) is 233 Å². The Morgan fingerprint density at radius 3 is 0.576 bits per heavy atom. The molecule has 7 aromatic carbocycles. The van der Waals surface area contributed by atoms with Crippen LogP contribution in [0.25, 0.3) is 0 Å². The topological polar surface area (TPSA) is 130 Å². The first-order valence-electron chi connectivity index (χ1n) is 17.2. The molecule has 0 aliphatic rings. The van der Waals surface area contributed by atoms with Gasteiger partial charge in [-0.25, -0.2) is 0 Å². The molecule has 0 aromatic heterocycles. The summed E-state index contributed by atoms with van der Waals surface area (Å²) in [4.78, 5) is 0. The van der Waals surface area contributed by atoms with Crippen molar-refractivity contribution in [3.8, 4) is 0 Å². The molecule has 0 amide bonds. The zero-order valence-corrected chi connectivity index (χ0v) is 35.4. The van der Waals surface area contributed by atoms with Gasteiger partial charge < -0.3 is 58.1 Å². The van der Waals surface area contributed by atoms with Crippen molar-refractivity contribution in [3.05, 3.63) is 235 Å². The van der Waals surface area contributed by atoms with Crippen molar-refractivity contribution in [1.29, 1.82) is 0 Å². The van der Waals surface area contributed by atoms with E-state index in [2.05, 4.69) is 112 Å². The van der Waals surface area contributed by atoms with Crippen LogP contribution in [-0.4, -0.2) is 43.7 Å². The van der Waals surface area contributed by atoms with Crippen molar-refractivity contribution in [1.82, 2.24) is 0 Å². The number of hydrogen-bond donors (Lipinski definition) is 4. The normalized spacial score (nSPS) is 11.0. The minimum atomic E-state index is -0.446. The SMILES string of the molecule is ON=C(C(=NO)c1ccccc1)c1ccccc1.ON=C(C(=NO)c1ccccc1)c1ccccc1.[Cl-].[Cl-].[Cl-].[Co+3].c1ccc(P(c2ccccc2)c2ccccc2)cc1. The van der Waals surface area contributed by atoms with E-state index in [-0.39, 0.29) is 76.8 Å². The number of nitrogens with zero attached hydrogens (tertiary/aromatic N) is 4. The molecule has 0 bridgehead atoms. The van der Waals surface area contributed by atoms with Crippen LogP contribution in [0, 0.1) is 0 Å². The predicted octanol–water partition coefficient (Wildman–Crippen LogP) is -0.0589.